The zero-order valence-corrected chi connectivity index (χ0v) is 15.1. The number of methoxy groups -OCH3 is 1. The Labute approximate surface area is 146 Å². The highest BCUT2D eigenvalue weighted by Gasteiger charge is 2.18. The summed E-state index contributed by atoms with van der Waals surface area (Å²) in [5, 5.41) is 12.9. The van der Waals surface area contributed by atoms with Gasteiger partial charge in [0.05, 0.1) is 19.2 Å². The first-order valence-electron chi connectivity index (χ1n) is 7.89. The Hall–Kier alpha value is -2.05. The first-order chi connectivity index (χ1) is 11.5. The van der Waals surface area contributed by atoms with Crippen molar-refractivity contribution in [2.24, 2.45) is 0 Å². The number of phenolic OH excluding ortho intramolecular Hbond substituents is 1. The molecule has 0 aliphatic heterocycles. The predicted molar refractivity (Wildman–Crippen MR) is 96.4 cm³/mol. The third-order valence-electron chi connectivity index (χ3n) is 3.74. The normalized spacial score (nSPS) is 12.0. The van der Waals surface area contributed by atoms with E-state index in [1.54, 1.807) is 35.5 Å². The molecule has 2 rings (SSSR count). The van der Waals surface area contributed by atoms with Crippen LogP contribution < -0.4 is 5.32 Å². The number of para-hydroxylation sites is 1. The van der Waals surface area contributed by atoms with Gasteiger partial charge in [0, 0.05) is 29.0 Å². The molecule has 1 aromatic carbocycles. The van der Waals surface area contributed by atoms with Crippen LogP contribution in [-0.2, 0) is 11.3 Å². The molecule has 0 bridgehead atoms. The number of phenols is 1. The number of aryl methyl sites for hydroxylation is 1. The molecule has 130 valence electrons. The van der Waals surface area contributed by atoms with Gasteiger partial charge in [-0.05, 0) is 32.0 Å². The van der Waals surface area contributed by atoms with Crippen molar-refractivity contribution in [2.75, 3.05) is 20.3 Å². The molecule has 0 radical (unpaired) electrons. The Kier molecular flexibility index (Phi) is 6.63. The molecule has 0 saturated heterocycles. The summed E-state index contributed by atoms with van der Waals surface area (Å²) in [6.07, 6.45) is 0. The molecule has 1 heterocycles. The number of thiophene rings is 1. The van der Waals surface area contributed by atoms with Gasteiger partial charge in [-0.15, -0.1) is 11.3 Å². The zero-order chi connectivity index (χ0) is 17.5. The monoisotopic (exact) mass is 348 g/mol. The maximum atomic E-state index is 12.6. The number of aromatic hydroxyl groups is 1. The molecule has 0 spiro atoms. The van der Waals surface area contributed by atoms with Crippen LogP contribution in [0.2, 0.25) is 0 Å². The third-order valence-corrected chi connectivity index (χ3v) is 4.72. The van der Waals surface area contributed by atoms with Crippen molar-refractivity contribution in [3.05, 3.63) is 51.7 Å². The summed E-state index contributed by atoms with van der Waals surface area (Å²) in [4.78, 5) is 16.7. The second-order valence-electron chi connectivity index (χ2n) is 5.66. The number of carbonyl (C=O) groups is 1. The van der Waals surface area contributed by atoms with Gasteiger partial charge in [0.2, 0.25) is 0 Å². The number of nitrogens with zero attached hydrogens (tertiary/aromatic N) is 1. The summed E-state index contributed by atoms with van der Waals surface area (Å²) in [7, 11) is 1.62. The van der Waals surface area contributed by atoms with E-state index in [0.717, 1.165) is 4.88 Å². The number of carbonyl (C=O) groups excluding carboxylic acids is 1. The van der Waals surface area contributed by atoms with Gasteiger partial charge in [-0.3, -0.25) is 0 Å². The highest BCUT2D eigenvalue weighted by molar-refractivity contribution is 7.11. The molecule has 24 heavy (non-hydrogen) atoms. The average molecular weight is 348 g/mol. The predicted octanol–water partition coefficient (Wildman–Crippen LogP) is 3.68. The van der Waals surface area contributed by atoms with E-state index in [-0.39, 0.29) is 17.8 Å². The lowest BCUT2D eigenvalue weighted by Crippen LogP contribution is -2.42. The fraction of sp³-hybridized carbons (Fsp3) is 0.389. The lowest BCUT2D eigenvalue weighted by Gasteiger charge is -2.25. The highest BCUT2D eigenvalue weighted by atomic mass is 32.1. The molecule has 1 aromatic heterocycles. The number of benzene rings is 1. The summed E-state index contributed by atoms with van der Waals surface area (Å²) < 4.78 is 5.12. The number of hydrogen-bond donors (Lipinski definition) is 2. The van der Waals surface area contributed by atoms with Gasteiger partial charge in [-0.1, -0.05) is 18.2 Å². The number of nitrogens with one attached hydrogen (secondary N) is 1. The van der Waals surface area contributed by atoms with E-state index in [4.69, 9.17) is 4.74 Å². The highest BCUT2D eigenvalue weighted by Crippen LogP contribution is 2.23. The second kappa shape index (κ2) is 8.70. The molecule has 5 nitrogen and oxygen atoms in total. The molecule has 2 N–H and O–H groups in total. The molecular weight excluding hydrogens is 324 g/mol. The minimum Gasteiger partial charge on any atom is -0.508 e. The van der Waals surface area contributed by atoms with Crippen molar-refractivity contribution in [1.82, 2.24) is 10.2 Å². The van der Waals surface area contributed by atoms with E-state index < -0.39 is 0 Å². The Balaban J connectivity index is 2.05. The SMILES string of the molecule is COCCN(Cc1ccc(C)s1)C(=O)N[C@H](C)c1ccccc1O. The summed E-state index contributed by atoms with van der Waals surface area (Å²) in [6, 6.07) is 10.7. The Morgan fingerprint density at radius 2 is 2.08 bits per heavy atom. The van der Waals surface area contributed by atoms with Gasteiger partial charge in [0.15, 0.2) is 0 Å². The number of amides is 2. The van der Waals surface area contributed by atoms with Crippen LogP contribution >= 0.6 is 11.3 Å². The van der Waals surface area contributed by atoms with E-state index in [1.807, 2.05) is 32.0 Å². The van der Waals surface area contributed by atoms with Crippen LogP contribution in [0.4, 0.5) is 4.79 Å². The molecule has 6 heteroatoms. The topological polar surface area (TPSA) is 61.8 Å². The second-order valence-corrected chi connectivity index (χ2v) is 7.03. The van der Waals surface area contributed by atoms with Crippen LogP contribution in [0.1, 0.15) is 28.3 Å². The molecule has 2 amide bonds. The van der Waals surface area contributed by atoms with Gasteiger partial charge in [-0.25, -0.2) is 4.79 Å². The molecular formula is C18H24N2O3S. The van der Waals surface area contributed by atoms with Gasteiger partial charge >= 0.3 is 6.03 Å². The minimum absolute atomic E-state index is 0.172. The molecule has 2 aromatic rings. The van der Waals surface area contributed by atoms with E-state index in [1.165, 1.54) is 4.88 Å². The molecule has 0 unspecified atom stereocenters. The third kappa shape index (κ3) is 4.97. The maximum absolute atomic E-state index is 12.6. The minimum atomic E-state index is -0.284. The van der Waals surface area contributed by atoms with Gasteiger partial charge < -0.3 is 20.1 Å². The van der Waals surface area contributed by atoms with Crippen LogP contribution in [0.5, 0.6) is 5.75 Å². The van der Waals surface area contributed by atoms with E-state index in [2.05, 4.69) is 11.4 Å². The first kappa shape index (κ1) is 18.3. The van der Waals surface area contributed by atoms with Crippen LogP contribution in [0.25, 0.3) is 0 Å². The Morgan fingerprint density at radius 1 is 1.33 bits per heavy atom. The van der Waals surface area contributed by atoms with Crippen LogP contribution in [0.3, 0.4) is 0 Å². The fourth-order valence-electron chi connectivity index (χ4n) is 2.42. The van der Waals surface area contributed by atoms with Crippen molar-refractivity contribution in [3.8, 4) is 5.75 Å². The average Bonchev–Trinajstić information content (AvgIpc) is 2.96. The summed E-state index contributed by atoms with van der Waals surface area (Å²) in [5.74, 6) is 0.183. The number of ether oxygens (including phenoxy) is 1. The molecule has 0 aliphatic carbocycles. The molecule has 0 fully saturated rings. The molecule has 0 aliphatic rings. The lowest BCUT2D eigenvalue weighted by molar-refractivity contribution is 0.145. The van der Waals surface area contributed by atoms with Gasteiger partial charge in [0.1, 0.15) is 5.75 Å². The van der Waals surface area contributed by atoms with Gasteiger partial charge in [0.25, 0.3) is 0 Å². The number of urea groups is 1. The van der Waals surface area contributed by atoms with E-state index in [0.29, 0.717) is 25.3 Å². The van der Waals surface area contributed by atoms with Crippen molar-refractivity contribution < 1.29 is 14.6 Å². The summed E-state index contributed by atoms with van der Waals surface area (Å²) in [6.45, 7) is 5.43. The quantitative estimate of drug-likeness (QED) is 0.802. The standard InChI is InChI=1S/C18H24N2O3S/c1-13-8-9-15(24-13)12-20(10-11-23-3)18(22)19-14(2)16-6-4-5-7-17(16)21/h4-9,14,21H,10-12H2,1-3H3,(H,19,22)/t14-/m1/s1. The maximum Gasteiger partial charge on any atom is 0.318 e. The van der Waals surface area contributed by atoms with Crippen molar-refractivity contribution in [3.63, 3.8) is 0 Å². The zero-order valence-electron chi connectivity index (χ0n) is 14.3. The largest absolute Gasteiger partial charge is 0.508 e. The lowest BCUT2D eigenvalue weighted by atomic mass is 10.1. The van der Waals surface area contributed by atoms with Crippen LogP contribution in [0, 0.1) is 6.92 Å². The Bertz CT molecular complexity index is 672. The Morgan fingerprint density at radius 3 is 2.71 bits per heavy atom. The molecule has 0 saturated carbocycles. The van der Waals surface area contributed by atoms with E-state index in [9.17, 15) is 9.90 Å². The fourth-order valence-corrected chi connectivity index (χ4v) is 3.33. The smallest absolute Gasteiger partial charge is 0.318 e. The van der Waals surface area contributed by atoms with Crippen LogP contribution in [-0.4, -0.2) is 36.3 Å². The van der Waals surface area contributed by atoms with Crippen molar-refractivity contribution in [1.29, 1.82) is 0 Å². The number of rotatable bonds is 7. The van der Waals surface area contributed by atoms with E-state index >= 15 is 0 Å². The number of hydrogen-bond acceptors (Lipinski definition) is 4. The van der Waals surface area contributed by atoms with Gasteiger partial charge in [-0.2, -0.15) is 0 Å². The van der Waals surface area contributed by atoms with Crippen LogP contribution in [0.15, 0.2) is 36.4 Å². The molecule has 1 atom stereocenters. The first-order valence-corrected chi connectivity index (χ1v) is 8.70. The summed E-state index contributed by atoms with van der Waals surface area (Å²) >= 11 is 1.68. The summed E-state index contributed by atoms with van der Waals surface area (Å²) in [5.41, 5.74) is 0.699. The van der Waals surface area contributed by atoms with Crippen molar-refractivity contribution in [2.45, 2.75) is 26.4 Å². The van der Waals surface area contributed by atoms with Crippen molar-refractivity contribution >= 4 is 17.4 Å².